The van der Waals surface area contributed by atoms with Crippen molar-refractivity contribution < 1.29 is 14.0 Å². The van der Waals surface area contributed by atoms with Gasteiger partial charge in [0, 0.05) is 0 Å². The molecule has 4 N–H and O–H groups in total. The molecule has 1 heterocycles. The Labute approximate surface area is 119 Å². The molecule has 2 amide bonds. The molecule has 0 fully saturated rings. The fraction of sp³-hybridized carbons (Fsp3) is 0.571. The molecule has 0 aromatic carbocycles. The number of nitrogens with two attached hydrogens (primary N) is 1. The van der Waals surface area contributed by atoms with Crippen LogP contribution in [0, 0.1) is 0 Å². The molecule has 2 unspecified atom stereocenters. The summed E-state index contributed by atoms with van der Waals surface area (Å²) >= 11 is 0. The molecule has 0 aliphatic heterocycles. The van der Waals surface area contributed by atoms with E-state index in [0.29, 0.717) is 18.7 Å². The Morgan fingerprint density at radius 1 is 1.50 bits per heavy atom. The van der Waals surface area contributed by atoms with Gasteiger partial charge >= 0.3 is 0 Å². The van der Waals surface area contributed by atoms with Crippen LogP contribution in [0.3, 0.4) is 0 Å². The van der Waals surface area contributed by atoms with Crippen molar-refractivity contribution in [2.24, 2.45) is 5.73 Å². The molecule has 0 aliphatic carbocycles. The normalized spacial score (nSPS) is 15.2. The summed E-state index contributed by atoms with van der Waals surface area (Å²) in [5.41, 5.74) is 4.96. The second kappa shape index (κ2) is 7.09. The van der Waals surface area contributed by atoms with Crippen molar-refractivity contribution >= 4 is 11.8 Å². The van der Waals surface area contributed by atoms with Crippen LogP contribution in [-0.2, 0) is 16.1 Å². The predicted molar refractivity (Wildman–Crippen MR) is 75.7 cm³/mol. The summed E-state index contributed by atoms with van der Waals surface area (Å²) in [4.78, 5) is 23.8. The zero-order valence-electron chi connectivity index (χ0n) is 12.2. The Kier molecular flexibility index (Phi) is 5.76. The number of hydrogen-bond acceptors (Lipinski definition) is 4. The highest BCUT2D eigenvalue weighted by Crippen LogP contribution is 2.08. The standard InChI is InChI=1S/C14H23N3O3/c1-4-7-14(3,15)13(19)17-10(2)12(18)16-9-11-6-5-8-20-11/h5-6,8,10H,4,7,9,15H2,1-3H3,(H,16,18)(H,17,19). The van der Waals surface area contributed by atoms with Gasteiger partial charge in [-0.25, -0.2) is 0 Å². The van der Waals surface area contributed by atoms with Crippen LogP contribution in [0.15, 0.2) is 22.8 Å². The first-order chi connectivity index (χ1) is 9.36. The molecule has 112 valence electrons. The maximum atomic E-state index is 12.0. The maximum absolute atomic E-state index is 12.0. The lowest BCUT2D eigenvalue weighted by atomic mass is 9.96. The highest BCUT2D eigenvalue weighted by Gasteiger charge is 2.29. The minimum Gasteiger partial charge on any atom is -0.467 e. The van der Waals surface area contributed by atoms with E-state index in [1.54, 1.807) is 26.0 Å². The first kappa shape index (κ1) is 16.2. The smallest absolute Gasteiger partial charge is 0.242 e. The van der Waals surface area contributed by atoms with Crippen LogP contribution in [0.5, 0.6) is 0 Å². The quantitative estimate of drug-likeness (QED) is 0.692. The highest BCUT2D eigenvalue weighted by molar-refractivity contribution is 5.91. The summed E-state index contributed by atoms with van der Waals surface area (Å²) in [5.74, 6) is 0.0635. The van der Waals surface area contributed by atoms with Gasteiger partial charge in [0.1, 0.15) is 11.8 Å². The number of rotatable bonds is 7. The Morgan fingerprint density at radius 2 is 2.20 bits per heavy atom. The van der Waals surface area contributed by atoms with E-state index in [4.69, 9.17) is 10.2 Å². The zero-order chi connectivity index (χ0) is 15.2. The number of nitrogens with one attached hydrogen (secondary N) is 2. The van der Waals surface area contributed by atoms with E-state index >= 15 is 0 Å². The van der Waals surface area contributed by atoms with Crippen LogP contribution in [0.1, 0.15) is 39.4 Å². The summed E-state index contributed by atoms with van der Waals surface area (Å²) in [7, 11) is 0. The molecule has 0 spiro atoms. The molecule has 2 atom stereocenters. The number of carbonyl (C=O) groups is 2. The third kappa shape index (κ3) is 4.70. The Bertz CT molecular complexity index is 441. The average Bonchev–Trinajstić information content (AvgIpc) is 2.88. The van der Waals surface area contributed by atoms with Gasteiger partial charge < -0.3 is 20.8 Å². The van der Waals surface area contributed by atoms with Gasteiger partial charge in [-0.3, -0.25) is 9.59 Å². The summed E-state index contributed by atoms with van der Waals surface area (Å²) in [5, 5.41) is 5.31. The molecule has 0 saturated heterocycles. The first-order valence-corrected chi connectivity index (χ1v) is 6.76. The number of carbonyl (C=O) groups excluding carboxylic acids is 2. The third-order valence-electron chi connectivity index (χ3n) is 3.05. The molecule has 6 heteroatoms. The van der Waals surface area contributed by atoms with Crippen molar-refractivity contribution in [2.75, 3.05) is 0 Å². The van der Waals surface area contributed by atoms with E-state index in [1.807, 2.05) is 6.92 Å². The van der Waals surface area contributed by atoms with Crippen molar-refractivity contribution in [1.82, 2.24) is 10.6 Å². The lowest BCUT2D eigenvalue weighted by Crippen LogP contribution is -2.56. The van der Waals surface area contributed by atoms with Gasteiger partial charge in [0.25, 0.3) is 0 Å². The SMILES string of the molecule is CCCC(C)(N)C(=O)NC(C)C(=O)NCc1ccco1. The summed E-state index contributed by atoms with van der Waals surface area (Å²) in [6.07, 6.45) is 2.91. The zero-order valence-corrected chi connectivity index (χ0v) is 12.2. The molecule has 1 aromatic heterocycles. The molecule has 0 saturated carbocycles. The van der Waals surface area contributed by atoms with Gasteiger partial charge in [-0.05, 0) is 32.4 Å². The van der Waals surface area contributed by atoms with Gasteiger partial charge in [-0.1, -0.05) is 13.3 Å². The van der Waals surface area contributed by atoms with Gasteiger partial charge in [-0.15, -0.1) is 0 Å². The number of furan rings is 1. The Balaban J connectivity index is 2.43. The summed E-state index contributed by atoms with van der Waals surface area (Å²) < 4.78 is 5.11. The second-order valence-corrected chi connectivity index (χ2v) is 5.16. The van der Waals surface area contributed by atoms with Gasteiger partial charge in [0.2, 0.25) is 11.8 Å². The third-order valence-corrected chi connectivity index (χ3v) is 3.05. The van der Waals surface area contributed by atoms with E-state index < -0.39 is 11.6 Å². The Morgan fingerprint density at radius 3 is 2.75 bits per heavy atom. The molecule has 6 nitrogen and oxygen atoms in total. The van der Waals surface area contributed by atoms with Crippen LogP contribution in [0.25, 0.3) is 0 Å². The average molecular weight is 281 g/mol. The fourth-order valence-electron chi connectivity index (χ4n) is 1.80. The topological polar surface area (TPSA) is 97.4 Å². The van der Waals surface area contributed by atoms with Crippen LogP contribution in [-0.4, -0.2) is 23.4 Å². The minimum absolute atomic E-state index is 0.276. The Hall–Kier alpha value is -1.82. The molecule has 0 radical (unpaired) electrons. The van der Waals surface area contributed by atoms with E-state index in [0.717, 1.165) is 6.42 Å². The van der Waals surface area contributed by atoms with Crippen molar-refractivity contribution in [2.45, 2.75) is 51.7 Å². The lowest BCUT2D eigenvalue weighted by molar-refractivity contribution is -0.131. The molecule has 1 rings (SSSR count). The second-order valence-electron chi connectivity index (χ2n) is 5.16. The summed E-state index contributed by atoms with van der Waals surface area (Å²) in [6.45, 7) is 5.54. The predicted octanol–water partition coefficient (Wildman–Crippen LogP) is 0.918. The molecule has 0 bridgehead atoms. The molecule has 0 aliphatic rings. The first-order valence-electron chi connectivity index (χ1n) is 6.76. The van der Waals surface area contributed by atoms with Gasteiger partial charge in [-0.2, -0.15) is 0 Å². The molecular weight excluding hydrogens is 258 g/mol. The van der Waals surface area contributed by atoms with Crippen LogP contribution < -0.4 is 16.4 Å². The maximum Gasteiger partial charge on any atom is 0.242 e. The molecule has 20 heavy (non-hydrogen) atoms. The lowest BCUT2D eigenvalue weighted by Gasteiger charge is -2.25. The van der Waals surface area contributed by atoms with Crippen LogP contribution >= 0.6 is 0 Å². The summed E-state index contributed by atoms with van der Waals surface area (Å²) in [6, 6.07) is 2.87. The molecule has 1 aromatic rings. The fourth-order valence-corrected chi connectivity index (χ4v) is 1.80. The van der Waals surface area contributed by atoms with E-state index in [9.17, 15) is 9.59 Å². The van der Waals surface area contributed by atoms with Crippen LogP contribution in [0.4, 0.5) is 0 Å². The largest absolute Gasteiger partial charge is 0.467 e. The van der Waals surface area contributed by atoms with Crippen LogP contribution in [0.2, 0.25) is 0 Å². The number of amides is 2. The van der Waals surface area contributed by atoms with Crippen molar-refractivity contribution in [1.29, 1.82) is 0 Å². The van der Waals surface area contributed by atoms with Gasteiger partial charge in [0.05, 0.1) is 18.3 Å². The number of hydrogen-bond donors (Lipinski definition) is 3. The van der Waals surface area contributed by atoms with E-state index in [1.165, 1.54) is 6.26 Å². The van der Waals surface area contributed by atoms with Crippen molar-refractivity contribution in [3.63, 3.8) is 0 Å². The van der Waals surface area contributed by atoms with E-state index in [2.05, 4.69) is 10.6 Å². The monoisotopic (exact) mass is 281 g/mol. The van der Waals surface area contributed by atoms with Gasteiger partial charge in [0.15, 0.2) is 0 Å². The van der Waals surface area contributed by atoms with E-state index in [-0.39, 0.29) is 11.8 Å². The molecular formula is C14H23N3O3. The highest BCUT2D eigenvalue weighted by atomic mass is 16.3. The van der Waals surface area contributed by atoms with Crippen molar-refractivity contribution in [3.8, 4) is 0 Å². The van der Waals surface area contributed by atoms with Crippen molar-refractivity contribution in [3.05, 3.63) is 24.2 Å². The minimum atomic E-state index is -0.954.